The van der Waals surface area contributed by atoms with E-state index in [1.807, 2.05) is 0 Å². The zero-order valence-corrected chi connectivity index (χ0v) is 11.6. The maximum Gasteiger partial charge on any atom is 0.416 e. The van der Waals surface area contributed by atoms with Crippen molar-refractivity contribution in [2.75, 3.05) is 0 Å². The van der Waals surface area contributed by atoms with Gasteiger partial charge in [-0.25, -0.2) is 8.42 Å². The highest BCUT2D eigenvalue weighted by Crippen LogP contribution is 2.39. The summed E-state index contributed by atoms with van der Waals surface area (Å²) in [6, 6.07) is 2.52. The molecule has 0 aromatic heterocycles. The number of aliphatic hydroxyl groups is 1. The van der Waals surface area contributed by atoms with Gasteiger partial charge in [-0.15, -0.1) is 0 Å². The molecule has 0 fully saturated rings. The predicted octanol–water partition coefficient (Wildman–Crippen LogP) is 2.99. The quantitative estimate of drug-likeness (QED) is 0.914. The molecular weight excluding hydrogens is 293 g/mol. The molecule has 0 atom stereocenters. The summed E-state index contributed by atoms with van der Waals surface area (Å²) in [5.41, 5.74) is -2.14. The summed E-state index contributed by atoms with van der Waals surface area (Å²) in [5.74, 6) is 0. The fourth-order valence-electron chi connectivity index (χ4n) is 2.05. The Morgan fingerprint density at radius 3 is 2.30 bits per heavy atom. The van der Waals surface area contributed by atoms with Crippen LogP contribution in [0.15, 0.2) is 28.0 Å². The minimum Gasteiger partial charge on any atom is -0.390 e. The Labute approximate surface area is 114 Å². The van der Waals surface area contributed by atoms with Gasteiger partial charge in [0.05, 0.1) is 21.0 Å². The average molecular weight is 306 g/mol. The van der Waals surface area contributed by atoms with Crippen molar-refractivity contribution < 1.29 is 26.7 Å². The zero-order chi connectivity index (χ0) is 15.3. The van der Waals surface area contributed by atoms with E-state index in [4.69, 9.17) is 0 Å². The SMILES string of the molecule is CC(C)(O)CC1=Cc2cc(C(F)(F)F)ccc2S1(=O)=O. The molecule has 1 aromatic rings. The van der Waals surface area contributed by atoms with E-state index in [0.29, 0.717) is 0 Å². The molecule has 1 N–H and O–H groups in total. The maximum atomic E-state index is 12.6. The van der Waals surface area contributed by atoms with Gasteiger partial charge in [0.1, 0.15) is 0 Å². The zero-order valence-electron chi connectivity index (χ0n) is 10.8. The molecule has 0 aliphatic carbocycles. The third-order valence-electron chi connectivity index (χ3n) is 2.90. The number of hydrogen-bond acceptors (Lipinski definition) is 3. The van der Waals surface area contributed by atoms with Gasteiger partial charge < -0.3 is 5.11 Å². The fraction of sp³-hybridized carbons (Fsp3) is 0.385. The normalized spacial score (nSPS) is 17.8. The molecule has 0 unspecified atom stereocenters. The lowest BCUT2D eigenvalue weighted by molar-refractivity contribution is -0.137. The topological polar surface area (TPSA) is 54.4 Å². The highest BCUT2D eigenvalue weighted by molar-refractivity contribution is 7.95. The van der Waals surface area contributed by atoms with Crippen LogP contribution in [0.5, 0.6) is 0 Å². The minimum atomic E-state index is -4.52. The van der Waals surface area contributed by atoms with Crippen molar-refractivity contribution in [2.24, 2.45) is 0 Å². The second kappa shape index (κ2) is 4.33. The largest absolute Gasteiger partial charge is 0.416 e. The summed E-state index contributed by atoms with van der Waals surface area (Å²) >= 11 is 0. The molecule has 7 heteroatoms. The van der Waals surface area contributed by atoms with Crippen LogP contribution < -0.4 is 0 Å². The minimum absolute atomic E-state index is 0.0130. The van der Waals surface area contributed by atoms with Crippen LogP contribution in [0.4, 0.5) is 13.2 Å². The van der Waals surface area contributed by atoms with E-state index in [0.717, 1.165) is 18.2 Å². The van der Waals surface area contributed by atoms with Crippen molar-refractivity contribution >= 4 is 15.9 Å². The molecule has 3 nitrogen and oxygen atoms in total. The first-order valence-electron chi connectivity index (χ1n) is 5.80. The first-order chi connectivity index (χ1) is 8.91. The van der Waals surface area contributed by atoms with Crippen molar-refractivity contribution in [1.82, 2.24) is 0 Å². The van der Waals surface area contributed by atoms with Crippen molar-refractivity contribution in [3.63, 3.8) is 0 Å². The fourth-order valence-corrected chi connectivity index (χ4v) is 3.83. The third kappa shape index (κ3) is 2.73. The molecule has 0 amide bonds. The second-order valence-electron chi connectivity index (χ2n) is 5.35. The van der Waals surface area contributed by atoms with Crippen molar-refractivity contribution in [1.29, 1.82) is 0 Å². The van der Waals surface area contributed by atoms with Crippen LogP contribution in [-0.2, 0) is 16.0 Å². The summed E-state index contributed by atoms with van der Waals surface area (Å²) in [5, 5.41) is 9.69. The molecule has 0 saturated carbocycles. The molecule has 0 saturated heterocycles. The lowest BCUT2D eigenvalue weighted by Crippen LogP contribution is -2.21. The monoisotopic (exact) mass is 306 g/mol. The Kier molecular flexibility index (Phi) is 3.26. The van der Waals surface area contributed by atoms with Crippen molar-refractivity contribution in [2.45, 2.75) is 36.9 Å². The molecule has 0 radical (unpaired) electrons. The summed E-state index contributed by atoms with van der Waals surface area (Å²) in [6.07, 6.45) is -3.48. The standard InChI is InChI=1S/C13H13F3O3S/c1-12(2,17)7-10-6-8-5-9(13(14,15)16)3-4-11(8)20(10,18)19/h3-6,17H,7H2,1-2H3. The smallest absolute Gasteiger partial charge is 0.390 e. The van der Waals surface area contributed by atoms with E-state index in [9.17, 15) is 26.7 Å². The van der Waals surface area contributed by atoms with Crippen molar-refractivity contribution in [3.05, 3.63) is 34.2 Å². The van der Waals surface area contributed by atoms with Crippen LogP contribution in [-0.4, -0.2) is 19.1 Å². The van der Waals surface area contributed by atoms with Crippen molar-refractivity contribution in [3.8, 4) is 0 Å². The number of rotatable bonds is 2. The molecule has 1 aromatic carbocycles. The van der Waals surface area contributed by atoms with E-state index >= 15 is 0 Å². The number of sulfone groups is 1. The van der Waals surface area contributed by atoms with Gasteiger partial charge in [-0.1, -0.05) is 0 Å². The molecule has 1 aliphatic rings. The predicted molar refractivity (Wildman–Crippen MR) is 67.5 cm³/mol. The molecule has 1 heterocycles. The molecule has 0 spiro atoms. The van der Waals surface area contributed by atoms with Gasteiger partial charge in [-0.2, -0.15) is 13.2 Å². The van der Waals surface area contributed by atoms with E-state index in [2.05, 4.69) is 0 Å². The molecule has 20 heavy (non-hydrogen) atoms. The van der Waals surface area contributed by atoms with Crippen LogP contribution in [0.2, 0.25) is 0 Å². The Balaban J connectivity index is 2.52. The molecule has 1 aliphatic heterocycles. The van der Waals surface area contributed by atoms with Crippen LogP contribution in [0.1, 0.15) is 31.4 Å². The van der Waals surface area contributed by atoms with Crippen LogP contribution in [0.25, 0.3) is 6.08 Å². The number of hydrogen-bond donors (Lipinski definition) is 1. The Morgan fingerprint density at radius 2 is 1.80 bits per heavy atom. The van der Waals surface area contributed by atoms with Crippen LogP contribution in [0, 0.1) is 0 Å². The Morgan fingerprint density at radius 1 is 1.20 bits per heavy atom. The van der Waals surface area contributed by atoms with Gasteiger partial charge in [0.25, 0.3) is 0 Å². The van der Waals surface area contributed by atoms with Gasteiger partial charge in [0.2, 0.25) is 9.84 Å². The van der Waals surface area contributed by atoms with E-state index in [1.54, 1.807) is 0 Å². The molecule has 2 rings (SSSR count). The Hall–Kier alpha value is -1.34. The third-order valence-corrected chi connectivity index (χ3v) is 4.80. The van der Waals surface area contributed by atoms with Gasteiger partial charge in [-0.3, -0.25) is 0 Å². The van der Waals surface area contributed by atoms with Gasteiger partial charge >= 0.3 is 6.18 Å². The molecular formula is C13H13F3O3S. The maximum absolute atomic E-state index is 12.6. The summed E-state index contributed by atoms with van der Waals surface area (Å²) in [7, 11) is -3.81. The number of alkyl halides is 3. The molecule has 0 bridgehead atoms. The van der Waals surface area contributed by atoms with Crippen LogP contribution >= 0.6 is 0 Å². The highest BCUT2D eigenvalue weighted by Gasteiger charge is 2.36. The summed E-state index contributed by atoms with van der Waals surface area (Å²) < 4.78 is 62.1. The number of fused-ring (bicyclic) bond motifs is 1. The highest BCUT2D eigenvalue weighted by atomic mass is 32.2. The summed E-state index contributed by atoms with van der Waals surface area (Å²) in [4.78, 5) is -0.218. The lowest BCUT2D eigenvalue weighted by atomic mass is 10.0. The Bertz CT molecular complexity index is 680. The van der Waals surface area contributed by atoms with Gasteiger partial charge in [0, 0.05) is 6.42 Å². The first kappa shape index (κ1) is 15.1. The summed E-state index contributed by atoms with van der Waals surface area (Å²) in [6.45, 7) is 2.88. The van der Waals surface area contributed by atoms with E-state index in [1.165, 1.54) is 19.9 Å². The average Bonchev–Trinajstić information content (AvgIpc) is 2.47. The first-order valence-corrected chi connectivity index (χ1v) is 7.29. The number of benzene rings is 1. The van der Waals surface area contributed by atoms with Gasteiger partial charge in [0.15, 0.2) is 0 Å². The molecule has 110 valence electrons. The van der Waals surface area contributed by atoms with E-state index in [-0.39, 0.29) is 21.8 Å². The van der Waals surface area contributed by atoms with Gasteiger partial charge in [-0.05, 0) is 43.7 Å². The lowest BCUT2D eigenvalue weighted by Gasteiger charge is -2.17. The number of halogens is 3. The second-order valence-corrected chi connectivity index (χ2v) is 7.32. The van der Waals surface area contributed by atoms with Crippen LogP contribution in [0.3, 0.4) is 0 Å². The van der Waals surface area contributed by atoms with E-state index < -0.39 is 27.2 Å².